The molecule has 0 amide bonds. The van der Waals surface area contributed by atoms with Crippen molar-refractivity contribution in [1.29, 1.82) is 0 Å². The molecule has 2 nitrogen and oxygen atoms in total. The van der Waals surface area contributed by atoms with Gasteiger partial charge in [-0.05, 0) is 47.3 Å². The van der Waals surface area contributed by atoms with Gasteiger partial charge >= 0.3 is 0 Å². The summed E-state index contributed by atoms with van der Waals surface area (Å²) in [7, 11) is -1.24. The molecule has 0 bridgehead atoms. The van der Waals surface area contributed by atoms with Gasteiger partial charge in [0.25, 0.3) is 0 Å². The van der Waals surface area contributed by atoms with Gasteiger partial charge in [0, 0.05) is 12.4 Å². The fourth-order valence-corrected chi connectivity index (χ4v) is 5.17. The van der Waals surface area contributed by atoms with Crippen LogP contribution in [0.4, 0.5) is 0 Å². The van der Waals surface area contributed by atoms with E-state index in [4.69, 9.17) is 0 Å². The van der Waals surface area contributed by atoms with Crippen LogP contribution in [0.3, 0.4) is 0 Å². The molecular formula is C17H18N2S. The number of hydrogen-bond acceptors (Lipinski definition) is 1. The van der Waals surface area contributed by atoms with Gasteiger partial charge in [-0.3, -0.25) is 3.97 Å². The molecule has 3 heteroatoms. The highest BCUT2D eigenvalue weighted by Crippen LogP contribution is 2.59. The van der Waals surface area contributed by atoms with Crippen molar-refractivity contribution < 1.29 is 0 Å². The third-order valence-electron chi connectivity index (χ3n) is 3.16. The van der Waals surface area contributed by atoms with Crippen LogP contribution in [0.2, 0.25) is 0 Å². The minimum absolute atomic E-state index is 1.24. The van der Waals surface area contributed by atoms with E-state index in [1.54, 1.807) is 0 Å². The summed E-state index contributed by atoms with van der Waals surface area (Å²) < 4.78 is 2.21. The van der Waals surface area contributed by atoms with E-state index in [9.17, 15) is 0 Å². The predicted octanol–water partition coefficient (Wildman–Crippen LogP) is 4.94. The van der Waals surface area contributed by atoms with Crippen LogP contribution in [-0.2, 0) is 0 Å². The second-order valence-corrected chi connectivity index (χ2v) is 7.70. The van der Waals surface area contributed by atoms with E-state index in [-0.39, 0.29) is 0 Å². The molecule has 1 aromatic heterocycles. The Morgan fingerprint density at radius 3 is 2.65 bits per heavy atom. The number of rotatable bonds is 3. The Hall–Kier alpha value is -2.00. The molecule has 0 fully saturated rings. The Morgan fingerprint density at radius 1 is 1.20 bits per heavy atom. The zero-order valence-electron chi connectivity index (χ0n) is 11.7. The monoisotopic (exact) mass is 282 g/mol. The third-order valence-corrected chi connectivity index (χ3v) is 6.16. The molecule has 0 radical (unpaired) electrons. The second kappa shape index (κ2) is 5.17. The molecule has 2 heterocycles. The Balaban J connectivity index is 2.09. The van der Waals surface area contributed by atoms with Crippen molar-refractivity contribution in [3.63, 3.8) is 0 Å². The average Bonchev–Trinajstić information content (AvgIpc) is 3.08. The summed E-state index contributed by atoms with van der Waals surface area (Å²) in [6.07, 6.45) is 8.02. The van der Waals surface area contributed by atoms with E-state index in [0.29, 0.717) is 0 Å². The van der Waals surface area contributed by atoms with Crippen molar-refractivity contribution in [2.75, 3.05) is 0 Å². The van der Waals surface area contributed by atoms with Crippen LogP contribution >= 0.6 is 10.2 Å². The van der Waals surface area contributed by atoms with Crippen molar-refractivity contribution in [1.82, 2.24) is 8.96 Å². The van der Waals surface area contributed by atoms with Crippen molar-refractivity contribution >= 4 is 15.8 Å². The maximum absolute atomic E-state index is 4.21. The van der Waals surface area contributed by atoms with Crippen molar-refractivity contribution in [3.8, 4) is 0 Å². The summed E-state index contributed by atoms with van der Waals surface area (Å²) >= 11 is 0. The number of benzene rings is 1. The van der Waals surface area contributed by atoms with Crippen LogP contribution in [0.1, 0.15) is 19.4 Å². The fraction of sp³-hybridized carbons (Fsp3) is 0.118. The Labute approximate surface area is 121 Å². The lowest BCUT2D eigenvalue weighted by atomic mass is 10.1. The first-order chi connectivity index (χ1) is 9.70. The number of nitrogens with zero attached hydrogens (tertiary/aromatic N) is 2. The Bertz CT molecular complexity index is 677. The largest absolute Gasteiger partial charge is 0.288 e. The van der Waals surface area contributed by atoms with Crippen LogP contribution in [0, 0.1) is 0 Å². The van der Waals surface area contributed by atoms with Crippen molar-refractivity contribution in [2.24, 2.45) is 0 Å². The second-order valence-electron chi connectivity index (χ2n) is 5.08. The zero-order valence-corrected chi connectivity index (χ0v) is 12.5. The first-order valence-electron chi connectivity index (χ1n) is 6.62. The fourth-order valence-electron chi connectivity index (χ4n) is 2.34. The summed E-state index contributed by atoms with van der Waals surface area (Å²) in [5.74, 6) is 0. The summed E-state index contributed by atoms with van der Waals surface area (Å²) in [4.78, 5) is 4.21. The highest BCUT2D eigenvalue weighted by molar-refractivity contribution is 8.39. The van der Waals surface area contributed by atoms with Crippen molar-refractivity contribution in [3.05, 3.63) is 82.5 Å². The molecule has 1 unspecified atom stereocenters. The minimum Gasteiger partial charge on any atom is -0.288 e. The van der Waals surface area contributed by atoms with E-state index >= 15 is 0 Å². The molecule has 1 aliphatic rings. The molecule has 0 aliphatic carbocycles. The summed E-state index contributed by atoms with van der Waals surface area (Å²) in [6, 6.07) is 10.5. The topological polar surface area (TPSA) is 17.8 Å². The maximum Gasteiger partial charge on any atom is 0.104 e. The zero-order chi connectivity index (χ0) is 14.0. The number of imidazole rings is 1. The van der Waals surface area contributed by atoms with Crippen LogP contribution in [0.25, 0.3) is 5.57 Å². The van der Waals surface area contributed by atoms with E-state index < -0.39 is 10.2 Å². The maximum atomic E-state index is 4.21. The first kappa shape index (κ1) is 13.0. The number of allylic oxidation sites excluding steroid dienone is 3. The molecular weight excluding hydrogens is 264 g/mol. The molecule has 0 saturated carbocycles. The lowest BCUT2D eigenvalue weighted by molar-refractivity contribution is 1.22. The van der Waals surface area contributed by atoms with E-state index in [1.807, 2.05) is 18.7 Å². The summed E-state index contributed by atoms with van der Waals surface area (Å²) in [6.45, 7) is 4.29. The van der Waals surface area contributed by atoms with Crippen LogP contribution in [-0.4, -0.2) is 8.96 Å². The highest BCUT2D eigenvalue weighted by Gasteiger charge is 2.23. The van der Waals surface area contributed by atoms with E-state index in [2.05, 4.69) is 75.4 Å². The lowest BCUT2D eigenvalue weighted by Crippen LogP contribution is -1.99. The molecule has 1 aliphatic heterocycles. The standard InChI is InChI=1S/C17H18N2S/c1-15(2)12-20(19-10-9-18-14-19)11-8-17(13-20)16-6-4-3-5-7-16/h3-14H,1-2H3. The van der Waals surface area contributed by atoms with Gasteiger partial charge in [-0.2, -0.15) is 0 Å². The Kier molecular flexibility index (Phi) is 3.36. The van der Waals surface area contributed by atoms with Gasteiger partial charge in [0.15, 0.2) is 0 Å². The van der Waals surface area contributed by atoms with Crippen LogP contribution < -0.4 is 0 Å². The first-order valence-corrected chi connectivity index (χ1v) is 8.40. The van der Waals surface area contributed by atoms with Gasteiger partial charge in [-0.25, -0.2) is 4.98 Å². The van der Waals surface area contributed by atoms with Gasteiger partial charge in [0.05, 0.1) is 0 Å². The summed E-state index contributed by atoms with van der Waals surface area (Å²) in [5, 5.41) is 7.03. The van der Waals surface area contributed by atoms with Crippen LogP contribution in [0.5, 0.6) is 0 Å². The normalized spacial score (nSPS) is 24.0. The van der Waals surface area contributed by atoms with Gasteiger partial charge in [-0.1, -0.05) is 46.1 Å². The molecule has 1 aromatic carbocycles. The average molecular weight is 282 g/mol. The van der Waals surface area contributed by atoms with Gasteiger partial charge in [0.1, 0.15) is 6.33 Å². The lowest BCUT2D eigenvalue weighted by Gasteiger charge is -2.30. The molecule has 0 N–H and O–H groups in total. The number of aromatic nitrogens is 2. The van der Waals surface area contributed by atoms with E-state index in [0.717, 1.165) is 0 Å². The van der Waals surface area contributed by atoms with Gasteiger partial charge in [0.2, 0.25) is 0 Å². The quantitative estimate of drug-likeness (QED) is 0.779. The molecule has 2 aromatic rings. The molecule has 20 heavy (non-hydrogen) atoms. The van der Waals surface area contributed by atoms with Gasteiger partial charge < -0.3 is 0 Å². The molecule has 0 saturated heterocycles. The number of hydrogen-bond donors (Lipinski definition) is 0. The molecule has 3 rings (SSSR count). The van der Waals surface area contributed by atoms with Crippen molar-refractivity contribution in [2.45, 2.75) is 13.8 Å². The van der Waals surface area contributed by atoms with E-state index in [1.165, 1.54) is 16.7 Å². The third kappa shape index (κ3) is 2.37. The van der Waals surface area contributed by atoms with Gasteiger partial charge in [-0.15, -0.1) is 0 Å². The minimum atomic E-state index is -1.24. The van der Waals surface area contributed by atoms with Crippen LogP contribution in [0.15, 0.2) is 76.9 Å². The Morgan fingerprint density at radius 2 is 2.00 bits per heavy atom. The molecule has 0 spiro atoms. The summed E-state index contributed by atoms with van der Waals surface area (Å²) in [5.41, 5.74) is 3.87. The smallest absolute Gasteiger partial charge is 0.104 e. The molecule has 1 atom stereocenters. The predicted molar refractivity (Wildman–Crippen MR) is 88.2 cm³/mol. The SMILES string of the molecule is CC(C)=CS1(n2ccnc2)C=CC(c2ccccc2)=C1. The molecule has 102 valence electrons. The highest BCUT2D eigenvalue weighted by atomic mass is 32.3.